The van der Waals surface area contributed by atoms with Gasteiger partial charge in [-0.2, -0.15) is 0 Å². The zero-order valence-electron chi connectivity index (χ0n) is 14.7. The zero-order chi connectivity index (χ0) is 19.1. The van der Waals surface area contributed by atoms with Gasteiger partial charge in [-0.3, -0.25) is 9.59 Å². The van der Waals surface area contributed by atoms with E-state index in [2.05, 4.69) is 26.6 Å². The third-order valence-corrected chi connectivity index (χ3v) is 5.53. The first-order valence-electron chi connectivity index (χ1n) is 8.81. The van der Waals surface area contributed by atoms with Gasteiger partial charge in [-0.15, -0.1) is 11.3 Å². The van der Waals surface area contributed by atoms with Crippen molar-refractivity contribution in [2.24, 2.45) is 0 Å². The quantitative estimate of drug-likeness (QED) is 0.576. The normalized spacial score (nSPS) is 13.5. The number of nitrogens with one attached hydrogen (secondary N) is 2. The van der Waals surface area contributed by atoms with Gasteiger partial charge in [-0.1, -0.05) is 12.1 Å². The fraction of sp³-hybridized carbons (Fsp3) is 0.300. The SMILES string of the molecule is O=C(/C=C/c1ccc(Br)s1)NCCc1ccc(OCC(=O)NC2CC2)cc1. The Bertz CT molecular complexity index is 813. The van der Waals surface area contributed by atoms with Gasteiger partial charge in [0.25, 0.3) is 5.91 Å². The third kappa shape index (κ3) is 7.19. The number of hydrogen-bond donors (Lipinski definition) is 2. The molecule has 0 radical (unpaired) electrons. The van der Waals surface area contributed by atoms with Crippen LogP contribution in [-0.2, 0) is 16.0 Å². The van der Waals surface area contributed by atoms with Crippen LogP contribution >= 0.6 is 27.3 Å². The van der Waals surface area contributed by atoms with Crippen LogP contribution in [-0.4, -0.2) is 31.0 Å². The topological polar surface area (TPSA) is 67.4 Å². The summed E-state index contributed by atoms with van der Waals surface area (Å²) in [6, 6.07) is 11.8. The minimum absolute atomic E-state index is 0.0407. The number of thiophene rings is 1. The number of ether oxygens (including phenoxy) is 1. The van der Waals surface area contributed by atoms with E-state index in [1.807, 2.05) is 36.4 Å². The first kappa shape index (κ1) is 19.6. The van der Waals surface area contributed by atoms with Gasteiger partial charge in [0.2, 0.25) is 5.91 Å². The highest BCUT2D eigenvalue weighted by Crippen LogP contribution is 2.23. The minimum atomic E-state index is -0.110. The van der Waals surface area contributed by atoms with Crippen LogP contribution in [0, 0.1) is 0 Å². The lowest BCUT2D eigenvalue weighted by atomic mass is 10.1. The molecule has 0 aliphatic heterocycles. The van der Waals surface area contributed by atoms with Crippen LogP contribution in [0.25, 0.3) is 6.08 Å². The standard InChI is InChI=1S/C20H21BrN2O3S/c21-18-9-7-17(27-18)8-10-19(24)22-12-11-14-1-5-16(6-2-14)26-13-20(25)23-15-3-4-15/h1-2,5-10,15H,3-4,11-13H2,(H,22,24)(H,23,25)/b10-8+. The van der Waals surface area contributed by atoms with Gasteiger partial charge in [-0.25, -0.2) is 0 Å². The molecule has 2 N–H and O–H groups in total. The van der Waals surface area contributed by atoms with E-state index in [0.717, 1.165) is 33.5 Å². The third-order valence-electron chi connectivity index (χ3n) is 3.94. The molecule has 2 amide bonds. The van der Waals surface area contributed by atoms with Crippen LogP contribution in [0.3, 0.4) is 0 Å². The Morgan fingerprint density at radius 2 is 1.96 bits per heavy atom. The smallest absolute Gasteiger partial charge is 0.258 e. The Hall–Kier alpha value is -2.12. The molecule has 0 atom stereocenters. The molecule has 1 saturated carbocycles. The first-order valence-corrected chi connectivity index (χ1v) is 10.4. The van der Waals surface area contributed by atoms with Crippen molar-refractivity contribution >= 4 is 45.2 Å². The number of rotatable bonds is 9. The van der Waals surface area contributed by atoms with Gasteiger partial charge in [0.05, 0.1) is 3.79 Å². The summed E-state index contributed by atoms with van der Waals surface area (Å²) in [6.07, 6.45) is 6.21. The maximum Gasteiger partial charge on any atom is 0.258 e. The number of carbonyl (C=O) groups excluding carboxylic acids is 2. The van der Waals surface area contributed by atoms with E-state index < -0.39 is 0 Å². The Kier molecular flexibility index (Phi) is 7.06. The molecule has 0 bridgehead atoms. The van der Waals surface area contributed by atoms with E-state index >= 15 is 0 Å². The molecule has 1 fully saturated rings. The highest BCUT2D eigenvalue weighted by molar-refractivity contribution is 9.11. The van der Waals surface area contributed by atoms with Crippen molar-refractivity contribution in [3.05, 3.63) is 56.7 Å². The lowest BCUT2D eigenvalue weighted by Gasteiger charge is -2.08. The highest BCUT2D eigenvalue weighted by atomic mass is 79.9. The number of carbonyl (C=O) groups is 2. The van der Waals surface area contributed by atoms with Crippen LogP contribution in [0.15, 0.2) is 46.3 Å². The second-order valence-electron chi connectivity index (χ2n) is 6.29. The molecule has 7 heteroatoms. The van der Waals surface area contributed by atoms with Crippen LogP contribution in [0.4, 0.5) is 0 Å². The summed E-state index contributed by atoms with van der Waals surface area (Å²) in [4.78, 5) is 24.5. The van der Waals surface area contributed by atoms with Crippen molar-refractivity contribution in [1.29, 1.82) is 0 Å². The lowest BCUT2D eigenvalue weighted by Crippen LogP contribution is -2.30. The van der Waals surface area contributed by atoms with Gasteiger partial charge in [0.1, 0.15) is 5.75 Å². The second-order valence-corrected chi connectivity index (χ2v) is 8.79. The maximum atomic E-state index is 11.8. The molecule has 0 unspecified atom stereocenters. The van der Waals surface area contributed by atoms with Crippen molar-refractivity contribution in [3.8, 4) is 5.75 Å². The summed E-state index contributed by atoms with van der Waals surface area (Å²) < 4.78 is 6.52. The van der Waals surface area contributed by atoms with E-state index in [0.29, 0.717) is 18.3 Å². The number of hydrogen-bond acceptors (Lipinski definition) is 4. The van der Waals surface area contributed by atoms with E-state index in [1.165, 1.54) is 0 Å². The summed E-state index contributed by atoms with van der Waals surface area (Å²) >= 11 is 4.97. The van der Waals surface area contributed by atoms with E-state index in [4.69, 9.17) is 4.74 Å². The molecule has 142 valence electrons. The monoisotopic (exact) mass is 448 g/mol. The van der Waals surface area contributed by atoms with Gasteiger partial charge in [0, 0.05) is 23.5 Å². The van der Waals surface area contributed by atoms with Gasteiger partial charge < -0.3 is 15.4 Å². The number of amides is 2. The Balaban J connectivity index is 1.34. The van der Waals surface area contributed by atoms with Crippen LogP contribution < -0.4 is 15.4 Å². The Labute approximate surface area is 170 Å². The summed E-state index contributed by atoms with van der Waals surface area (Å²) in [7, 11) is 0. The molecule has 1 aromatic carbocycles. The van der Waals surface area contributed by atoms with Crippen LogP contribution in [0.1, 0.15) is 23.3 Å². The lowest BCUT2D eigenvalue weighted by molar-refractivity contribution is -0.123. The van der Waals surface area contributed by atoms with Crippen LogP contribution in [0.2, 0.25) is 0 Å². The average Bonchev–Trinajstić information content (AvgIpc) is 3.37. The molecule has 27 heavy (non-hydrogen) atoms. The molecule has 1 heterocycles. The summed E-state index contributed by atoms with van der Waals surface area (Å²) in [5.74, 6) is 0.479. The molecule has 1 aliphatic rings. The number of benzene rings is 1. The molecule has 0 saturated heterocycles. The molecule has 2 aromatic rings. The van der Waals surface area contributed by atoms with Crippen molar-refractivity contribution in [2.45, 2.75) is 25.3 Å². The van der Waals surface area contributed by atoms with Crippen molar-refractivity contribution in [1.82, 2.24) is 10.6 Å². The maximum absolute atomic E-state index is 11.8. The summed E-state index contributed by atoms with van der Waals surface area (Å²) in [5.41, 5.74) is 1.09. The fourth-order valence-electron chi connectivity index (χ4n) is 2.36. The molecule has 3 rings (SSSR count). The average molecular weight is 449 g/mol. The molecule has 1 aliphatic carbocycles. The van der Waals surface area contributed by atoms with Gasteiger partial charge in [0.15, 0.2) is 6.61 Å². The first-order chi connectivity index (χ1) is 13.1. The van der Waals surface area contributed by atoms with Gasteiger partial charge in [-0.05, 0) is 71.1 Å². The zero-order valence-corrected chi connectivity index (χ0v) is 17.1. The molecule has 0 spiro atoms. The van der Waals surface area contributed by atoms with Gasteiger partial charge >= 0.3 is 0 Å². The van der Waals surface area contributed by atoms with E-state index in [9.17, 15) is 9.59 Å². The van der Waals surface area contributed by atoms with Crippen LogP contribution in [0.5, 0.6) is 5.75 Å². The number of halogens is 1. The largest absolute Gasteiger partial charge is 0.484 e. The molecular formula is C20H21BrN2O3S. The predicted molar refractivity (Wildman–Crippen MR) is 111 cm³/mol. The fourth-order valence-corrected chi connectivity index (χ4v) is 3.69. The highest BCUT2D eigenvalue weighted by Gasteiger charge is 2.23. The van der Waals surface area contributed by atoms with E-state index in [-0.39, 0.29) is 18.4 Å². The molecule has 1 aromatic heterocycles. The van der Waals surface area contributed by atoms with Crippen molar-refractivity contribution in [3.63, 3.8) is 0 Å². The molecular weight excluding hydrogens is 428 g/mol. The minimum Gasteiger partial charge on any atom is -0.484 e. The second kappa shape index (κ2) is 9.71. The predicted octanol–water partition coefficient (Wildman–Crippen LogP) is 3.54. The summed E-state index contributed by atoms with van der Waals surface area (Å²) in [5, 5.41) is 5.75. The summed E-state index contributed by atoms with van der Waals surface area (Å²) in [6.45, 7) is 0.598. The molecule has 5 nitrogen and oxygen atoms in total. The Morgan fingerprint density at radius 3 is 2.63 bits per heavy atom. The van der Waals surface area contributed by atoms with E-state index in [1.54, 1.807) is 23.5 Å². The van der Waals surface area contributed by atoms with Crippen molar-refractivity contribution in [2.75, 3.05) is 13.2 Å². The Morgan fingerprint density at radius 1 is 1.19 bits per heavy atom. The van der Waals surface area contributed by atoms with Crippen molar-refractivity contribution < 1.29 is 14.3 Å².